The molecule has 0 fully saturated rings. The molecule has 2 nitrogen and oxygen atoms in total. The van der Waals surface area contributed by atoms with Crippen molar-refractivity contribution in [1.82, 2.24) is 4.57 Å². The minimum absolute atomic E-state index is 0.712. The molecule has 152 valence electrons. The predicted octanol–water partition coefficient (Wildman–Crippen LogP) is 7.67. The highest BCUT2D eigenvalue weighted by Crippen LogP contribution is 2.25. The molecule has 1 heterocycles. The van der Waals surface area contributed by atoms with Crippen LogP contribution in [0.3, 0.4) is 0 Å². The van der Waals surface area contributed by atoms with Gasteiger partial charge in [-0.1, -0.05) is 72.6 Å². The number of thiazole rings is 1. The van der Waals surface area contributed by atoms with E-state index < -0.39 is 0 Å². The first-order chi connectivity index (χ1) is 14.5. The fourth-order valence-electron chi connectivity index (χ4n) is 3.25. The van der Waals surface area contributed by atoms with Crippen molar-refractivity contribution in [2.75, 3.05) is 0 Å². The Morgan fingerprint density at radius 1 is 0.900 bits per heavy atom. The van der Waals surface area contributed by atoms with Crippen LogP contribution < -0.4 is 4.80 Å². The molecule has 0 aliphatic carbocycles. The van der Waals surface area contributed by atoms with E-state index in [0.29, 0.717) is 6.54 Å². The SMILES string of the molecule is CCc1ccc(-c2csc(=Nc3ccc(C)c(Cl)c3)n2Cc2ccc(Cl)cc2)cc1. The Kier molecular flexibility index (Phi) is 6.43. The van der Waals surface area contributed by atoms with Crippen LogP contribution in [-0.4, -0.2) is 4.57 Å². The van der Waals surface area contributed by atoms with Crippen molar-refractivity contribution in [3.63, 3.8) is 0 Å². The van der Waals surface area contributed by atoms with E-state index in [2.05, 4.69) is 53.3 Å². The second-order valence-corrected chi connectivity index (χ2v) is 8.89. The molecular formula is C25H22Cl2N2S. The lowest BCUT2D eigenvalue weighted by molar-refractivity contribution is 0.778. The largest absolute Gasteiger partial charge is 0.312 e. The summed E-state index contributed by atoms with van der Waals surface area (Å²) in [6.45, 7) is 4.88. The van der Waals surface area contributed by atoms with Crippen molar-refractivity contribution in [2.24, 2.45) is 4.99 Å². The minimum Gasteiger partial charge on any atom is -0.312 e. The number of aromatic nitrogens is 1. The summed E-state index contributed by atoms with van der Waals surface area (Å²) >= 11 is 14.0. The zero-order valence-corrected chi connectivity index (χ0v) is 19.2. The molecule has 0 amide bonds. The summed E-state index contributed by atoms with van der Waals surface area (Å²) in [6.07, 6.45) is 1.03. The van der Waals surface area contributed by atoms with Crippen LogP contribution in [0.5, 0.6) is 0 Å². The maximum Gasteiger partial charge on any atom is 0.190 e. The summed E-state index contributed by atoms with van der Waals surface area (Å²) in [5.41, 5.74) is 6.73. The average molecular weight is 453 g/mol. The molecule has 5 heteroatoms. The number of hydrogen-bond acceptors (Lipinski definition) is 2. The van der Waals surface area contributed by atoms with E-state index in [4.69, 9.17) is 28.2 Å². The molecule has 0 bridgehead atoms. The molecule has 0 atom stereocenters. The van der Waals surface area contributed by atoms with E-state index in [1.807, 2.05) is 37.3 Å². The van der Waals surface area contributed by atoms with Crippen LogP contribution in [0.1, 0.15) is 23.6 Å². The van der Waals surface area contributed by atoms with Crippen molar-refractivity contribution in [3.8, 4) is 11.3 Å². The van der Waals surface area contributed by atoms with Gasteiger partial charge in [0.2, 0.25) is 0 Å². The standard InChI is InChI=1S/C25H22Cl2N2S/c1-3-18-5-9-20(10-6-18)24-16-30-25(28-22-13-4-17(2)23(27)14-22)29(24)15-19-7-11-21(26)12-8-19/h4-14,16H,3,15H2,1-2H3. The smallest absolute Gasteiger partial charge is 0.190 e. The second kappa shape index (κ2) is 9.22. The third-order valence-electron chi connectivity index (χ3n) is 5.09. The number of halogens is 2. The van der Waals surface area contributed by atoms with Crippen molar-refractivity contribution in [3.05, 3.63) is 104 Å². The average Bonchev–Trinajstić information content (AvgIpc) is 3.14. The molecule has 0 saturated carbocycles. The number of aryl methyl sites for hydroxylation is 2. The summed E-state index contributed by atoms with van der Waals surface area (Å²) in [7, 11) is 0. The van der Waals surface area contributed by atoms with E-state index in [-0.39, 0.29) is 0 Å². The molecule has 0 aliphatic heterocycles. The lowest BCUT2D eigenvalue weighted by atomic mass is 10.1. The predicted molar refractivity (Wildman–Crippen MR) is 129 cm³/mol. The van der Waals surface area contributed by atoms with E-state index in [1.54, 1.807) is 11.3 Å². The van der Waals surface area contributed by atoms with Gasteiger partial charge >= 0.3 is 0 Å². The van der Waals surface area contributed by atoms with Crippen molar-refractivity contribution in [1.29, 1.82) is 0 Å². The Morgan fingerprint density at radius 3 is 2.27 bits per heavy atom. The quantitative estimate of drug-likeness (QED) is 0.295. The fourth-order valence-corrected chi connectivity index (χ4v) is 4.48. The molecule has 3 aromatic carbocycles. The lowest BCUT2D eigenvalue weighted by Crippen LogP contribution is -2.16. The zero-order valence-electron chi connectivity index (χ0n) is 16.9. The maximum atomic E-state index is 6.32. The van der Waals surface area contributed by atoms with Crippen LogP contribution in [0.25, 0.3) is 11.3 Å². The minimum atomic E-state index is 0.712. The molecule has 0 radical (unpaired) electrons. The Bertz CT molecular complexity index is 1220. The monoisotopic (exact) mass is 452 g/mol. The molecule has 0 saturated heterocycles. The van der Waals surface area contributed by atoms with Crippen LogP contribution in [0.15, 0.2) is 77.1 Å². The fraction of sp³-hybridized carbons (Fsp3) is 0.160. The molecular weight excluding hydrogens is 431 g/mol. The van der Waals surface area contributed by atoms with Crippen LogP contribution in [0.4, 0.5) is 5.69 Å². The maximum absolute atomic E-state index is 6.32. The van der Waals surface area contributed by atoms with Crippen LogP contribution in [0, 0.1) is 6.92 Å². The lowest BCUT2D eigenvalue weighted by Gasteiger charge is -2.10. The first kappa shape index (κ1) is 20.9. The molecule has 1 aromatic heterocycles. The zero-order chi connectivity index (χ0) is 21.1. The third-order valence-corrected chi connectivity index (χ3v) is 6.61. The highest BCUT2D eigenvalue weighted by molar-refractivity contribution is 7.07. The van der Waals surface area contributed by atoms with Crippen LogP contribution in [0.2, 0.25) is 10.0 Å². The van der Waals surface area contributed by atoms with Gasteiger partial charge in [0.05, 0.1) is 17.9 Å². The molecule has 0 unspecified atom stereocenters. The van der Waals surface area contributed by atoms with Crippen molar-refractivity contribution in [2.45, 2.75) is 26.8 Å². The molecule has 0 aliphatic rings. The van der Waals surface area contributed by atoms with Gasteiger partial charge in [-0.15, -0.1) is 11.3 Å². The van der Waals surface area contributed by atoms with Gasteiger partial charge in [0.1, 0.15) is 0 Å². The molecule has 4 rings (SSSR count). The highest BCUT2D eigenvalue weighted by atomic mass is 35.5. The Balaban J connectivity index is 1.82. The Hall–Kier alpha value is -2.33. The normalized spacial score (nSPS) is 11.8. The van der Waals surface area contributed by atoms with Gasteiger partial charge < -0.3 is 4.57 Å². The van der Waals surface area contributed by atoms with E-state index in [0.717, 1.165) is 38.2 Å². The van der Waals surface area contributed by atoms with Crippen LogP contribution in [-0.2, 0) is 13.0 Å². The van der Waals surface area contributed by atoms with Crippen molar-refractivity contribution >= 4 is 40.2 Å². The summed E-state index contributed by atoms with van der Waals surface area (Å²) in [5, 5.41) is 3.64. The Morgan fingerprint density at radius 2 is 1.60 bits per heavy atom. The number of nitrogens with zero attached hydrogens (tertiary/aromatic N) is 2. The first-order valence-corrected chi connectivity index (χ1v) is 11.5. The summed E-state index contributed by atoms with van der Waals surface area (Å²) in [5.74, 6) is 0. The van der Waals surface area contributed by atoms with Gasteiger partial charge in [-0.2, -0.15) is 0 Å². The molecule has 0 N–H and O–H groups in total. The number of hydrogen-bond donors (Lipinski definition) is 0. The Labute approximate surface area is 191 Å². The van der Waals surface area contributed by atoms with Crippen LogP contribution >= 0.6 is 34.5 Å². The van der Waals surface area contributed by atoms with E-state index in [1.165, 1.54) is 16.7 Å². The molecule has 4 aromatic rings. The third kappa shape index (κ3) is 4.70. The van der Waals surface area contributed by atoms with Gasteiger partial charge in [-0.05, 0) is 59.9 Å². The van der Waals surface area contributed by atoms with E-state index >= 15 is 0 Å². The summed E-state index contributed by atoms with van der Waals surface area (Å²) in [6, 6.07) is 22.6. The van der Waals surface area contributed by atoms with Crippen molar-refractivity contribution < 1.29 is 0 Å². The van der Waals surface area contributed by atoms with Gasteiger partial charge in [0, 0.05) is 15.4 Å². The summed E-state index contributed by atoms with van der Waals surface area (Å²) < 4.78 is 2.25. The van der Waals surface area contributed by atoms with Gasteiger partial charge in [-0.25, -0.2) is 4.99 Å². The van der Waals surface area contributed by atoms with E-state index in [9.17, 15) is 0 Å². The van der Waals surface area contributed by atoms with Gasteiger partial charge in [0.25, 0.3) is 0 Å². The highest BCUT2D eigenvalue weighted by Gasteiger charge is 2.10. The summed E-state index contributed by atoms with van der Waals surface area (Å²) in [4.78, 5) is 5.84. The molecule has 30 heavy (non-hydrogen) atoms. The topological polar surface area (TPSA) is 17.3 Å². The first-order valence-electron chi connectivity index (χ1n) is 9.86. The number of rotatable bonds is 5. The second-order valence-electron chi connectivity index (χ2n) is 7.21. The van der Waals surface area contributed by atoms with Gasteiger partial charge in [0.15, 0.2) is 4.80 Å². The number of benzene rings is 3. The molecule has 0 spiro atoms. The van der Waals surface area contributed by atoms with Gasteiger partial charge in [-0.3, -0.25) is 0 Å².